The molecule has 0 aromatic heterocycles. The second-order valence-corrected chi connectivity index (χ2v) is 4.81. The zero-order valence-electron chi connectivity index (χ0n) is 9.76. The van der Waals surface area contributed by atoms with E-state index in [9.17, 15) is 14.5 Å². The van der Waals surface area contributed by atoms with E-state index in [2.05, 4.69) is 13.8 Å². The van der Waals surface area contributed by atoms with Crippen molar-refractivity contribution in [3.05, 3.63) is 0 Å². The smallest absolute Gasteiger partial charge is 0.463 e. The third-order valence-electron chi connectivity index (χ3n) is 1.55. The van der Waals surface area contributed by atoms with Gasteiger partial charge >= 0.3 is 13.8 Å². The number of rotatable bonds is 9. The van der Waals surface area contributed by atoms with E-state index in [1.165, 1.54) is 0 Å². The van der Waals surface area contributed by atoms with Crippen LogP contribution in [0.5, 0.6) is 0 Å². The Morgan fingerprint density at radius 1 is 1.17 bits per heavy atom. The Kier molecular flexibility index (Phi) is 8.29. The molecule has 4 N–H and O–H groups in total. The number of esters is 1. The average Bonchev–Trinajstić information content (AvgIpc) is 2.31. The van der Waals surface area contributed by atoms with Crippen LogP contribution in [-0.4, -0.2) is 64.8 Å². The first-order valence-electron chi connectivity index (χ1n) is 4.99. The molecule has 9 nitrogen and oxygen atoms in total. The van der Waals surface area contributed by atoms with Gasteiger partial charge in [-0.25, -0.2) is 4.57 Å². The molecule has 0 radical (unpaired) electrons. The number of phosphoric acid groups is 1. The molecule has 0 aliphatic carbocycles. The quantitative estimate of drug-likeness (QED) is 0.291. The van der Waals surface area contributed by atoms with E-state index in [0.29, 0.717) is 0 Å². The van der Waals surface area contributed by atoms with Crippen molar-refractivity contribution in [3.8, 4) is 0 Å². The molecule has 108 valence electrons. The maximum atomic E-state index is 11.2. The Morgan fingerprint density at radius 3 is 2.11 bits per heavy atom. The second-order valence-electron chi connectivity index (χ2n) is 3.35. The van der Waals surface area contributed by atoms with Crippen LogP contribution in [0.15, 0.2) is 0 Å². The number of aliphatic hydroxyl groups is 3. The Labute approximate surface area is 104 Å². The number of hydrogen-bond acceptors (Lipinski definition) is 8. The minimum absolute atomic E-state index is 0.380. The number of carbonyl (C=O) groups excluding carboxylic acids is 1. The van der Waals surface area contributed by atoms with Crippen LogP contribution in [0.25, 0.3) is 0 Å². The topological polar surface area (TPSA) is 143 Å². The lowest BCUT2D eigenvalue weighted by Gasteiger charge is -2.16. The zero-order chi connectivity index (χ0) is 14.2. The van der Waals surface area contributed by atoms with Gasteiger partial charge in [-0.3, -0.25) is 13.8 Å². The lowest BCUT2D eigenvalue weighted by Crippen LogP contribution is -2.23. The van der Waals surface area contributed by atoms with Crippen LogP contribution >= 0.6 is 7.82 Å². The Hall–Kier alpha value is -0.540. The molecule has 0 saturated heterocycles. The fourth-order valence-electron chi connectivity index (χ4n) is 0.712. The first-order valence-corrected chi connectivity index (χ1v) is 6.48. The highest BCUT2D eigenvalue weighted by atomic mass is 31.2. The molecule has 0 spiro atoms. The van der Waals surface area contributed by atoms with Crippen molar-refractivity contribution in [3.63, 3.8) is 0 Å². The van der Waals surface area contributed by atoms with Gasteiger partial charge in [0.1, 0.15) is 18.8 Å². The summed E-state index contributed by atoms with van der Waals surface area (Å²) in [5, 5.41) is 26.5. The van der Waals surface area contributed by atoms with Gasteiger partial charge in [-0.05, 0) is 0 Å². The number of aliphatic hydroxyl groups excluding tert-OH is 3. The van der Waals surface area contributed by atoms with E-state index in [-0.39, 0.29) is 6.61 Å². The fraction of sp³-hybridized carbons (Fsp3) is 0.875. The van der Waals surface area contributed by atoms with Crippen LogP contribution in [0.2, 0.25) is 0 Å². The van der Waals surface area contributed by atoms with E-state index in [4.69, 9.17) is 15.1 Å². The van der Waals surface area contributed by atoms with Gasteiger partial charge in [0, 0.05) is 6.92 Å². The first-order chi connectivity index (χ1) is 8.26. The van der Waals surface area contributed by atoms with Gasteiger partial charge in [0.2, 0.25) is 0 Å². The minimum atomic E-state index is -4.43. The van der Waals surface area contributed by atoms with Crippen molar-refractivity contribution in [2.45, 2.75) is 19.1 Å². The monoisotopic (exact) mass is 288 g/mol. The van der Waals surface area contributed by atoms with Gasteiger partial charge in [0.05, 0.1) is 19.8 Å². The van der Waals surface area contributed by atoms with Crippen LogP contribution in [0.4, 0.5) is 0 Å². The summed E-state index contributed by atoms with van der Waals surface area (Å²) in [6.45, 7) is -1.05. The summed E-state index contributed by atoms with van der Waals surface area (Å²) in [7, 11) is -4.43. The summed E-state index contributed by atoms with van der Waals surface area (Å²) < 4.78 is 24.3. The standard InChI is InChI=1S/C8H17O9P/c1-6(10)15-3-8(12)5-17-18(13,14)16-4-7(11)2-9/h7-9,11-12H,2-5H2,1H3,(H,13,14). The van der Waals surface area contributed by atoms with Crippen LogP contribution in [0.3, 0.4) is 0 Å². The molecule has 0 fully saturated rings. The van der Waals surface area contributed by atoms with E-state index < -0.39 is 45.8 Å². The van der Waals surface area contributed by atoms with Gasteiger partial charge in [-0.1, -0.05) is 0 Å². The summed E-state index contributed by atoms with van der Waals surface area (Å²) >= 11 is 0. The molecule has 3 atom stereocenters. The first kappa shape index (κ1) is 17.5. The fourth-order valence-corrected chi connectivity index (χ4v) is 1.51. The lowest BCUT2D eigenvalue weighted by atomic mass is 10.4. The summed E-state index contributed by atoms with van der Waals surface area (Å²) in [4.78, 5) is 19.5. The largest absolute Gasteiger partial charge is 0.472 e. The second kappa shape index (κ2) is 8.54. The molecule has 0 aromatic rings. The third kappa shape index (κ3) is 9.49. The van der Waals surface area contributed by atoms with E-state index >= 15 is 0 Å². The summed E-state index contributed by atoms with van der Waals surface area (Å²) in [5.41, 5.74) is 0. The molecule has 0 saturated carbocycles. The highest BCUT2D eigenvalue weighted by Gasteiger charge is 2.24. The van der Waals surface area contributed by atoms with Gasteiger partial charge in [-0.2, -0.15) is 0 Å². The highest BCUT2D eigenvalue weighted by Crippen LogP contribution is 2.43. The number of phosphoric ester groups is 1. The van der Waals surface area contributed by atoms with Crippen LogP contribution in [0, 0.1) is 0 Å². The number of hydrogen-bond donors (Lipinski definition) is 4. The molecule has 0 aliphatic rings. The molecule has 0 aliphatic heterocycles. The molecule has 0 rings (SSSR count). The molecule has 0 heterocycles. The molecule has 3 unspecified atom stereocenters. The van der Waals surface area contributed by atoms with E-state index in [0.717, 1.165) is 6.92 Å². The Bertz CT molecular complexity index is 294. The Morgan fingerprint density at radius 2 is 1.67 bits per heavy atom. The minimum Gasteiger partial charge on any atom is -0.463 e. The molecular weight excluding hydrogens is 271 g/mol. The van der Waals surface area contributed by atoms with E-state index in [1.807, 2.05) is 0 Å². The van der Waals surface area contributed by atoms with Gasteiger partial charge in [-0.15, -0.1) is 0 Å². The maximum Gasteiger partial charge on any atom is 0.472 e. The molecule has 10 heteroatoms. The zero-order valence-corrected chi connectivity index (χ0v) is 10.7. The van der Waals surface area contributed by atoms with Crippen molar-refractivity contribution >= 4 is 13.8 Å². The average molecular weight is 288 g/mol. The summed E-state index contributed by atoms with van der Waals surface area (Å²) in [6, 6.07) is 0. The Balaban J connectivity index is 3.87. The molecule has 0 amide bonds. The number of ether oxygens (including phenoxy) is 1. The van der Waals surface area contributed by atoms with Crippen molar-refractivity contribution < 1.29 is 43.4 Å². The van der Waals surface area contributed by atoms with Gasteiger partial charge in [0.25, 0.3) is 0 Å². The van der Waals surface area contributed by atoms with Crippen molar-refractivity contribution in [1.29, 1.82) is 0 Å². The van der Waals surface area contributed by atoms with Crippen molar-refractivity contribution in [2.75, 3.05) is 26.4 Å². The predicted octanol–water partition coefficient (Wildman–Crippen LogP) is -1.60. The van der Waals surface area contributed by atoms with Gasteiger partial charge < -0.3 is 24.9 Å². The number of carbonyl (C=O) groups is 1. The van der Waals surface area contributed by atoms with E-state index in [1.54, 1.807) is 0 Å². The predicted molar refractivity (Wildman–Crippen MR) is 57.5 cm³/mol. The summed E-state index contributed by atoms with van der Waals surface area (Å²) in [6.07, 6.45) is -2.58. The lowest BCUT2D eigenvalue weighted by molar-refractivity contribution is -0.144. The van der Waals surface area contributed by atoms with Gasteiger partial charge in [0.15, 0.2) is 0 Å². The van der Waals surface area contributed by atoms with Crippen molar-refractivity contribution in [1.82, 2.24) is 0 Å². The summed E-state index contributed by atoms with van der Waals surface area (Å²) in [5.74, 6) is -0.608. The van der Waals surface area contributed by atoms with Crippen molar-refractivity contribution in [2.24, 2.45) is 0 Å². The van der Waals surface area contributed by atoms with Crippen LogP contribution < -0.4 is 0 Å². The molecule has 0 bridgehead atoms. The van der Waals surface area contributed by atoms with Crippen LogP contribution in [-0.2, 0) is 23.1 Å². The SMILES string of the molecule is CC(=O)OCC(O)COP(=O)(O)OCC(O)CO. The molecule has 18 heavy (non-hydrogen) atoms. The molecular formula is C8H17O9P. The third-order valence-corrected chi connectivity index (χ3v) is 2.50. The maximum absolute atomic E-state index is 11.2. The van der Waals surface area contributed by atoms with Crippen LogP contribution in [0.1, 0.15) is 6.92 Å². The normalized spacial score (nSPS) is 17.8. The molecule has 0 aromatic carbocycles. The highest BCUT2D eigenvalue weighted by molar-refractivity contribution is 7.47.